The number of esters is 1. The van der Waals surface area contributed by atoms with E-state index in [9.17, 15) is 24.5 Å². The predicted molar refractivity (Wildman–Crippen MR) is 112 cm³/mol. The third-order valence-electron chi connectivity index (χ3n) is 5.14. The first-order chi connectivity index (χ1) is 14.8. The summed E-state index contributed by atoms with van der Waals surface area (Å²) < 4.78 is 5.38. The number of imide groups is 1. The van der Waals surface area contributed by atoms with Crippen molar-refractivity contribution in [3.8, 4) is 5.75 Å². The fourth-order valence-corrected chi connectivity index (χ4v) is 3.34. The number of carbonyl (C=O) groups is 3. The number of nitro groups is 1. The lowest BCUT2D eigenvalue weighted by atomic mass is 10.1. The van der Waals surface area contributed by atoms with Crippen molar-refractivity contribution in [2.45, 2.75) is 13.8 Å². The Balaban J connectivity index is 1.58. The summed E-state index contributed by atoms with van der Waals surface area (Å²) in [6, 6.07) is 14.9. The SMILES string of the molecule is Cc1ccc(OC(=O)c2ccc(N3C(=O)c4cccc([N+](=O)[O-])c4C3=O)cc2)cc1C. The smallest absolute Gasteiger partial charge is 0.343 e. The molecule has 154 valence electrons. The van der Waals surface area contributed by atoms with Gasteiger partial charge in [-0.15, -0.1) is 0 Å². The number of nitrogens with zero attached hydrogens (tertiary/aromatic N) is 2. The van der Waals surface area contributed by atoms with E-state index in [0.29, 0.717) is 5.75 Å². The number of rotatable bonds is 4. The van der Waals surface area contributed by atoms with Crippen LogP contribution in [-0.2, 0) is 0 Å². The molecule has 0 saturated carbocycles. The van der Waals surface area contributed by atoms with Crippen molar-refractivity contribution in [1.29, 1.82) is 0 Å². The van der Waals surface area contributed by atoms with Crippen molar-refractivity contribution in [3.63, 3.8) is 0 Å². The summed E-state index contributed by atoms with van der Waals surface area (Å²) in [4.78, 5) is 49.3. The first kappa shape index (κ1) is 20.0. The largest absolute Gasteiger partial charge is 0.423 e. The fraction of sp³-hybridized carbons (Fsp3) is 0.0870. The second-order valence-corrected chi connectivity index (χ2v) is 7.08. The zero-order chi connectivity index (χ0) is 22.3. The molecule has 0 aliphatic carbocycles. The Morgan fingerprint density at radius 3 is 2.29 bits per heavy atom. The lowest BCUT2D eigenvalue weighted by Crippen LogP contribution is -2.29. The topological polar surface area (TPSA) is 107 Å². The summed E-state index contributed by atoms with van der Waals surface area (Å²) in [6.07, 6.45) is 0. The Kier molecular flexibility index (Phi) is 4.82. The van der Waals surface area contributed by atoms with Crippen LogP contribution in [0.2, 0.25) is 0 Å². The summed E-state index contributed by atoms with van der Waals surface area (Å²) in [5.74, 6) is -1.62. The normalized spacial score (nSPS) is 12.6. The van der Waals surface area contributed by atoms with Gasteiger partial charge in [-0.05, 0) is 67.4 Å². The predicted octanol–water partition coefficient (Wildman–Crippen LogP) is 4.23. The summed E-state index contributed by atoms with van der Waals surface area (Å²) in [6.45, 7) is 3.86. The first-order valence-corrected chi connectivity index (χ1v) is 9.33. The fourth-order valence-electron chi connectivity index (χ4n) is 3.34. The highest BCUT2D eigenvalue weighted by molar-refractivity contribution is 6.35. The number of fused-ring (bicyclic) bond motifs is 1. The Hall–Kier alpha value is -4.33. The van der Waals surface area contributed by atoms with Crippen molar-refractivity contribution < 1.29 is 24.0 Å². The van der Waals surface area contributed by atoms with E-state index in [0.717, 1.165) is 16.0 Å². The molecule has 0 bridgehead atoms. The molecule has 3 aromatic rings. The molecule has 3 aromatic carbocycles. The Bertz CT molecular complexity index is 1260. The van der Waals surface area contributed by atoms with Crippen molar-refractivity contribution in [2.75, 3.05) is 4.90 Å². The Morgan fingerprint density at radius 2 is 1.65 bits per heavy atom. The number of amides is 2. The molecule has 1 heterocycles. The third kappa shape index (κ3) is 3.44. The van der Waals surface area contributed by atoms with E-state index < -0.39 is 28.4 Å². The second kappa shape index (κ2) is 7.49. The van der Waals surface area contributed by atoms with E-state index in [2.05, 4.69) is 0 Å². The standard InChI is InChI=1S/C23H16N2O6/c1-13-6-11-17(12-14(13)2)31-23(28)15-7-9-16(10-8-15)24-21(26)18-4-3-5-19(25(29)30)20(18)22(24)27/h3-12H,1-2H3. The zero-order valence-electron chi connectivity index (χ0n) is 16.6. The molecule has 0 spiro atoms. The number of carbonyl (C=O) groups excluding carboxylic acids is 3. The zero-order valence-corrected chi connectivity index (χ0v) is 16.6. The van der Waals surface area contributed by atoms with Gasteiger partial charge >= 0.3 is 5.97 Å². The maximum absolute atomic E-state index is 12.8. The van der Waals surface area contributed by atoms with Crippen LogP contribution in [0.15, 0.2) is 60.7 Å². The van der Waals surface area contributed by atoms with Crippen LogP contribution in [0.25, 0.3) is 0 Å². The van der Waals surface area contributed by atoms with E-state index in [1.54, 1.807) is 12.1 Å². The van der Waals surface area contributed by atoms with Crippen molar-refractivity contribution >= 4 is 29.2 Å². The lowest BCUT2D eigenvalue weighted by molar-refractivity contribution is -0.385. The average molecular weight is 416 g/mol. The van der Waals surface area contributed by atoms with Gasteiger partial charge in [-0.3, -0.25) is 19.7 Å². The molecule has 0 radical (unpaired) electrons. The van der Waals surface area contributed by atoms with Crippen molar-refractivity contribution in [1.82, 2.24) is 0 Å². The number of hydrogen-bond donors (Lipinski definition) is 0. The molecule has 31 heavy (non-hydrogen) atoms. The maximum Gasteiger partial charge on any atom is 0.343 e. The molecular formula is C23H16N2O6. The number of hydrogen-bond acceptors (Lipinski definition) is 6. The highest BCUT2D eigenvalue weighted by atomic mass is 16.6. The molecule has 1 aliphatic rings. The molecule has 0 fully saturated rings. The Morgan fingerprint density at radius 1 is 0.935 bits per heavy atom. The molecule has 4 rings (SSSR count). The molecule has 2 amide bonds. The van der Waals surface area contributed by atoms with Crippen molar-refractivity contribution in [3.05, 3.63) is 98.6 Å². The van der Waals surface area contributed by atoms with Crippen LogP contribution in [-0.4, -0.2) is 22.7 Å². The number of nitro benzene ring substituents is 1. The van der Waals surface area contributed by atoms with Gasteiger partial charge in [0.05, 0.1) is 21.7 Å². The van der Waals surface area contributed by atoms with Gasteiger partial charge in [-0.1, -0.05) is 12.1 Å². The van der Waals surface area contributed by atoms with E-state index in [1.165, 1.54) is 42.5 Å². The minimum absolute atomic E-state index is 0.0302. The van der Waals surface area contributed by atoms with Crippen LogP contribution < -0.4 is 9.64 Å². The van der Waals surface area contributed by atoms with Crippen LogP contribution in [0, 0.1) is 24.0 Å². The van der Waals surface area contributed by atoms with Gasteiger partial charge in [-0.2, -0.15) is 0 Å². The van der Waals surface area contributed by atoms with Crippen LogP contribution in [0.5, 0.6) is 5.75 Å². The molecule has 0 N–H and O–H groups in total. The minimum Gasteiger partial charge on any atom is -0.423 e. The number of anilines is 1. The molecule has 8 heteroatoms. The molecule has 1 aliphatic heterocycles. The summed E-state index contributed by atoms with van der Waals surface area (Å²) in [5.41, 5.74) is 1.79. The van der Waals surface area contributed by atoms with Gasteiger partial charge in [-0.25, -0.2) is 9.69 Å². The molecule has 0 aromatic heterocycles. The monoisotopic (exact) mass is 416 g/mol. The first-order valence-electron chi connectivity index (χ1n) is 9.33. The lowest BCUT2D eigenvalue weighted by Gasteiger charge is -2.14. The van der Waals surface area contributed by atoms with E-state index in [4.69, 9.17) is 4.74 Å². The molecule has 0 unspecified atom stereocenters. The van der Waals surface area contributed by atoms with Gasteiger partial charge in [0, 0.05) is 6.07 Å². The summed E-state index contributed by atoms with van der Waals surface area (Å²) in [5, 5.41) is 11.2. The summed E-state index contributed by atoms with van der Waals surface area (Å²) in [7, 11) is 0. The van der Waals surface area contributed by atoms with Crippen LogP contribution in [0.4, 0.5) is 11.4 Å². The molecule has 8 nitrogen and oxygen atoms in total. The quantitative estimate of drug-likeness (QED) is 0.207. The Labute approximate surface area is 176 Å². The number of aryl methyl sites for hydroxylation is 2. The van der Waals surface area contributed by atoms with Gasteiger partial charge in [0.25, 0.3) is 17.5 Å². The third-order valence-corrected chi connectivity index (χ3v) is 5.14. The van der Waals surface area contributed by atoms with Gasteiger partial charge < -0.3 is 4.74 Å². The number of benzene rings is 3. The van der Waals surface area contributed by atoms with Crippen molar-refractivity contribution in [2.24, 2.45) is 0 Å². The van der Waals surface area contributed by atoms with E-state index >= 15 is 0 Å². The highest BCUT2D eigenvalue weighted by Gasteiger charge is 2.41. The average Bonchev–Trinajstić information content (AvgIpc) is 3.01. The summed E-state index contributed by atoms with van der Waals surface area (Å²) >= 11 is 0. The van der Waals surface area contributed by atoms with Crippen LogP contribution in [0.1, 0.15) is 42.2 Å². The maximum atomic E-state index is 12.8. The molecular weight excluding hydrogens is 400 g/mol. The highest BCUT2D eigenvalue weighted by Crippen LogP contribution is 2.34. The van der Waals surface area contributed by atoms with Crippen LogP contribution in [0.3, 0.4) is 0 Å². The van der Waals surface area contributed by atoms with E-state index in [-0.39, 0.29) is 22.4 Å². The molecule has 0 saturated heterocycles. The van der Waals surface area contributed by atoms with Gasteiger partial charge in [0.2, 0.25) is 0 Å². The van der Waals surface area contributed by atoms with Crippen LogP contribution >= 0.6 is 0 Å². The minimum atomic E-state index is -0.780. The van der Waals surface area contributed by atoms with Gasteiger partial charge in [0.1, 0.15) is 11.3 Å². The second-order valence-electron chi connectivity index (χ2n) is 7.08. The molecule has 0 atom stereocenters. The van der Waals surface area contributed by atoms with E-state index in [1.807, 2.05) is 19.9 Å². The van der Waals surface area contributed by atoms with Gasteiger partial charge in [0.15, 0.2) is 0 Å². The number of ether oxygens (including phenoxy) is 1.